The van der Waals surface area contributed by atoms with Crippen LogP contribution in [0.3, 0.4) is 0 Å². The first-order chi connectivity index (χ1) is 15.0. The highest BCUT2D eigenvalue weighted by Gasteiger charge is 2.22. The highest BCUT2D eigenvalue weighted by Crippen LogP contribution is 2.33. The zero-order valence-electron chi connectivity index (χ0n) is 17.8. The number of esters is 1. The lowest BCUT2D eigenvalue weighted by molar-refractivity contribution is 0.0600. The maximum Gasteiger partial charge on any atom is 0.337 e. The first kappa shape index (κ1) is 21.4. The van der Waals surface area contributed by atoms with Gasteiger partial charge in [0.1, 0.15) is 5.69 Å². The highest BCUT2D eigenvalue weighted by atomic mass is 32.2. The summed E-state index contributed by atoms with van der Waals surface area (Å²) in [6.07, 6.45) is 0.781. The molecule has 10 heteroatoms. The Kier molecular flexibility index (Phi) is 6.28. The minimum atomic E-state index is -0.422. The number of amides is 1. The van der Waals surface area contributed by atoms with Gasteiger partial charge < -0.3 is 14.0 Å². The fourth-order valence-electron chi connectivity index (χ4n) is 3.66. The number of nitrogens with zero attached hydrogens (tertiary/aromatic N) is 4. The number of anilines is 1. The first-order valence-corrected chi connectivity index (χ1v) is 11.2. The minimum Gasteiger partial charge on any atom is -0.465 e. The molecule has 1 aliphatic rings. The number of thioether (sulfide) groups is 1. The molecule has 0 fully saturated rings. The Hall–Kier alpha value is -2.85. The van der Waals surface area contributed by atoms with Crippen LogP contribution in [0, 0.1) is 6.92 Å². The minimum absolute atomic E-state index is 0.273. The number of carbonyl (C=O) groups excluding carboxylic acids is 2. The zero-order chi connectivity index (χ0) is 22.0. The average molecular weight is 444 g/mol. The first-order valence-electron chi connectivity index (χ1n) is 10.2. The summed E-state index contributed by atoms with van der Waals surface area (Å²) in [5.74, 6) is 0.493. The van der Waals surface area contributed by atoms with Crippen LogP contribution in [0.1, 0.15) is 39.9 Å². The van der Waals surface area contributed by atoms with Crippen LogP contribution >= 0.6 is 11.8 Å². The SMILES string of the molecule is CCn1nc(C)cc1C(=O)Nc1nc2cc(C(=O)OC)cc3c2n1CCCOCCS3. The van der Waals surface area contributed by atoms with Gasteiger partial charge >= 0.3 is 5.97 Å². The predicted octanol–water partition coefficient (Wildman–Crippen LogP) is 3.11. The molecule has 0 saturated carbocycles. The van der Waals surface area contributed by atoms with Crippen molar-refractivity contribution in [1.29, 1.82) is 0 Å². The van der Waals surface area contributed by atoms with Crippen molar-refractivity contribution >= 4 is 40.6 Å². The second-order valence-corrected chi connectivity index (χ2v) is 8.31. The van der Waals surface area contributed by atoms with Gasteiger partial charge in [-0.15, -0.1) is 11.8 Å². The molecule has 1 aromatic carbocycles. The molecule has 164 valence electrons. The summed E-state index contributed by atoms with van der Waals surface area (Å²) in [6, 6.07) is 5.29. The topological polar surface area (TPSA) is 100 Å². The number of hydrogen-bond donors (Lipinski definition) is 1. The van der Waals surface area contributed by atoms with Gasteiger partial charge in [-0.2, -0.15) is 5.10 Å². The Bertz CT molecular complexity index is 1140. The molecule has 0 atom stereocenters. The number of rotatable bonds is 4. The summed E-state index contributed by atoms with van der Waals surface area (Å²) in [5.41, 5.74) is 3.23. The van der Waals surface area contributed by atoms with E-state index in [2.05, 4.69) is 15.4 Å². The van der Waals surface area contributed by atoms with Crippen LogP contribution in [0.25, 0.3) is 11.0 Å². The van der Waals surface area contributed by atoms with E-state index in [0.717, 1.165) is 28.3 Å². The molecular formula is C21H25N5O4S. The number of methoxy groups -OCH3 is 1. The number of nitrogens with one attached hydrogen (secondary N) is 1. The summed E-state index contributed by atoms with van der Waals surface area (Å²) >= 11 is 1.60. The van der Waals surface area contributed by atoms with Crippen molar-refractivity contribution in [2.75, 3.05) is 31.4 Å². The molecule has 2 aromatic heterocycles. The van der Waals surface area contributed by atoms with Crippen molar-refractivity contribution in [2.24, 2.45) is 0 Å². The monoisotopic (exact) mass is 443 g/mol. The van der Waals surface area contributed by atoms with E-state index in [0.29, 0.717) is 49.0 Å². The maximum absolute atomic E-state index is 13.0. The van der Waals surface area contributed by atoms with Crippen LogP contribution in [0.2, 0.25) is 0 Å². The molecule has 1 amide bonds. The van der Waals surface area contributed by atoms with Gasteiger partial charge in [0.25, 0.3) is 5.91 Å². The van der Waals surface area contributed by atoms with Gasteiger partial charge in [-0.3, -0.25) is 14.8 Å². The molecule has 1 aliphatic heterocycles. The normalized spacial score (nSPS) is 14.4. The van der Waals surface area contributed by atoms with Crippen LogP contribution in [0.15, 0.2) is 23.1 Å². The fourth-order valence-corrected chi connectivity index (χ4v) is 4.64. The van der Waals surface area contributed by atoms with Crippen molar-refractivity contribution in [3.8, 4) is 0 Å². The number of aromatic nitrogens is 4. The van der Waals surface area contributed by atoms with Gasteiger partial charge in [-0.05, 0) is 38.5 Å². The number of hydrogen-bond acceptors (Lipinski definition) is 7. The van der Waals surface area contributed by atoms with E-state index in [1.54, 1.807) is 28.6 Å². The Labute approximate surface area is 184 Å². The van der Waals surface area contributed by atoms with E-state index in [-0.39, 0.29) is 5.91 Å². The molecule has 31 heavy (non-hydrogen) atoms. The summed E-state index contributed by atoms with van der Waals surface area (Å²) in [7, 11) is 1.36. The lowest BCUT2D eigenvalue weighted by Gasteiger charge is -2.15. The molecular weight excluding hydrogens is 418 g/mol. The Morgan fingerprint density at radius 1 is 1.29 bits per heavy atom. The molecule has 1 N–H and O–H groups in total. The van der Waals surface area contributed by atoms with Crippen molar-refractivity contribution < 1.29 is 19.1 Å². The van der Waals surface area contributed by atoms with E-state index >= 15 is 0 Å². The molecule has 0 unspecified atom stereocenters. The van der Waals surface area contributed by atoms with Crippen molar-refractivity contribution in [3.05, 3.63) is 35.2 Å². The molecule has 0 bridgehead atoms. The third-order valence-electron chi connectivity index (χ3n) is 5.04. The lowest BCUT2D eigenvalue weighted by atomic mass is 10.2. The second-order valence-electron chi connectivity index (χ2n) is 7.18. The quantitative estimate of drug-likeness (QED) is 0.619. The third-order valence-corrected chi connectivity index (χ3v) is 6.04. The predicted molar refractivity (Wildman–Crippen MR) is 118 cm³/mol. The molecule has 0 saturated heterocycles. The van der Waals surface area contributed by atoms with Gasteiger partial charge in [0.15, 0.2) is 0 Å². The molecule has 3 heterocycles. The second kappa shape index (κ2) is 9.11. The number of benzene rings is 1. The number of carbonyl (C=O) groups is 2. The van der Waals surface area contributed by atoms with E-state index < -0.39 is 5.97 Å². The van der Waals surface area contributed by atoms with E-state index in [1.807, 2.05) is 24.5 Å². The number of imidazole rings is 1. The largest absolute Gasteiger partial charge is 0.465 e. The molecule has 4 rings (SSSR count). The van der Waals surface area contributed by atoms with Gasteiger partial charge in [0, 0.05) is 30.3 Å². The highest BCUT2D eigenvalue weighted by molar-refractivity contribution is 7.99. The summed E-state index contributed by atoms with van der Waals surface area (Å²) in [5, 5.41) is 7.30. The third kappa shape index (κ3) is 4.31. The van der Waals surface area contributed by atoms with Crippen LogP contribution in [0.5, 0.6) is 0 Å². The standard InChI is InChI=1S/C21H25N5O4S/c1-4-26-16(10-13(2)24-26)19(27)23-21-22-15-11-14(20(28)29-3)12-17-18(15)25(21)6-5-7-30-8-9-31-17/h10-12H,4-9H2,1-3H3,(H,22,23,27). The molecule has 3 aromatic rings. The smallest absolute Gasteiger partial charge is 0.337 e. The van der Waals surface area contributed by atoms with Crippen molar-refractivity contribution in [3.63, 3.8) is 0 Å². The molecule has 0 spiro atoms. The van der Waals surface area contributed by atoms with Crippen LogP contribution in [-0.2, 0) is 22.6 Å². The van der Waals surface area contributed by atoms with Gasteiger partial charge in [0.2, 0.25) is 5.95 Å². The summed E-state index contributed by atoms with van der Waals surface area (Å²) < 4.78 is 14.2. The maximum atomic E-state index is 13.0. The van der Waals surface area contributed by atoms with Crippen LogP contribution < -0.4 is 5.32 Å². The molecule has 9 nitrogen and oxygen atoms in total. The number of ether oxygens (including phenoxy) is 2. The lowest BCUT2D eigenvalue weighted by Crippen LogP contribution is -2.20. The van der Waals surface area contributed by atoms with Crippen molar-refractivity contribution in [1.82, 2.24) is 19.3 Å². The van der Waals surface area contributed by atoms with E-state index in [9.17, 15) is 9.59 Å². The van der Waals surface area contributed by atoms with E-state index in [1.165, 1.54) is 7.11 Å². The Morgan fingerprint density at radius 2 is 2.13 bits per heavy atom. The zero-order valence-corrected chi connectivity index (χ0v) is 18.6. The Morgan fingerprint density at radius 3 is 2.90 bits per heavy atom. The average Bonchev–Trinajstić information content (AvgIpc) is 3.32. The fraction of sp³-hybridized carbons (Fsp3) is 0.429. The molecule has 0 aliphatic carbocycles. The van der Waals surface area contributed by atoms with Crippen LogP contribution in [-0.4, -0.2) is 57.3 Å². The van der Waals surface area contributed by atoms with Crippen molar-refractivity contribution in [2.45, 2.75) is 38.3 Å². The van der Waals surface area contributed by atoms with Gasteiger partial charge in [0.05, 0.1) is 36.0 Å². The summed E-state index contributed by atoms with van der Waals surface area (Å²) in [4.78, 5) is 30.8. The number of aryl methyl sites for hydroxylation is 3. The van der Waals surface area contributed by atoms with E-state index in [4.69, 9.17) is 9.47 Å². The molecule has 0 radical (unpaired) electrons. The van der Waals surface area contributed by atoms with Gasteiger partial charge in [-0.1, -0.05) is 0 Å². The van der Waals surface area contributed by atoms with Crippen LogP contribution in [0.4, 0.5) is 5.95 Å². The van der Waals surface area contributed by atoms with Gasteiger partial charge in [-0.25, -0.2) is 9.78 Å². The Balaban J connectivity index is 1.80. The summed E-state index contributed by atoms with van der Waals surface area (Å²) in [6.45, 7) is 6.28.